The summed E-state index contributed by atoms with van der Waals surface area (Å²) in [5.74, 6) is -0.426. The maximum absolute atomic E-state index is 11.6. The molecule has 0 radical (unpaired) electrons. The topological polar surface area (TPSA) is 114 Å². The Balaban J connectivity index is 2.40. The molecule has 0 unspecified atom stereocenters. The van der Waals surface area contributed by atoms with E-state index in [0.717, 1.165) is 6.26 Å². The molecule has 1 rings (SSSR count). The molecule has 8 nitrogen and oxygen atoms in total. The van der Waals surface area contributed by atoms with Gasteiger partial charge in [0.25, 0.3) is 0 Å². The molecule has 2 amide bonds. The average molecular weight is 329 g/mol. The molecule has 0 saturated heterocycles. The maximum atomic E-state index is 11.6. The minimum absolute atomic E-state index is 0.105. The highest BCUT2D eigenvalue weighted by Gasteiger charge is 2.07. The molecule has 1 aromatic carbocycles. The largest absolute Gasteiger partial charge is 0.462 e. The molecule has 0 aliphatic heterocycles. The van der Waals surface area contributed by atoms with E-state index < -0.39 is 22.0 Å². The maximum Gasteiger partial charge on any atom is 0.338 e. The van der Waals surface area contributed by atoms with E-state index in [9.17, 15) is 18.0 Å². The minimum Gasteiger partial charge on any atom is -0.462 e. The van der Waals surface area contributed by atoms with E-state index >= 15 is 0 Å². The highest BCUT2D eigenvalue weighted by atomic mass is 32.2. The molecule has 0 fully saturated rings. The fraction of sp³-hybridized carbons (Fsp3) is 0.385. The van der Waals surface area contributed by atoms with Crippen LogP contribution < -0.4 is 15.4 Å². The number of ether oxygens (including phenoxy) is 1. The average Bonchev–Trinajstić information content (AvgIpc) is 2.44. The van der Waals surface area contributed by atoms with Gasteiger partial charge in [-0.25, -0.2) is 22.7 Å². The molecule has 22 heavy (non-hydrogen) atoms. The first kappa shape index (κ1) is 17.9. The lowest BCUT2D eigenvalue weighted by Gasteiger charge is -2.08. The van der Waals surface area contributed by atoms with E-state index in [2.05, 4.69) is 15.4 Å². The van der Waals surface area contributed by atoms with Crippen molar-refractivity contribution in [3.8, 4) is 0 Å². The highest BCUT2D eigenvalue weighted by molar-refractivity contribution is 7.88. The monoisotopic (exact) mass is 329 g/mol. The van der Waals surface area contributed by atoms with Crippen molar-refractivity contribution in [2.75, 3.05) is 31.3 Å². The van der Waals surface area contributed by atoms with Crippen molar-refractivity contribution in [1.29, 1.82) is 0 Å². The van der Waals surface area contributed by atoms with Crippen LogP contribution in [0.3, 0.4) is 0 Å². The number of carbonyl (C=O) groups is 2. The molecule has 0 bridgehead atoms. The van der Waals surface area contributed by atoms with E-state index in [4.69, 9.17) is 4.74 Å². The number of anilines is 1. The number of carbonyl (C=O) groups excluding carboxylic acids is 2. The minimum atomic E-state index is -3.26. The molecular weight excluding hydrogens is 310 g/mol. The second kappa shape index (κ2) is 8.35. The van der Waals surface area contributed by atoms with Gasteiger partial charge in [0.2, 0.25) is 10.0 Å². The second-order valence-electron chi connectivity index (χ2n) is 4.35. The molecule has 0 heterocycles. The van der Waals surface area contributed by atoms with E-state index in [0.29, 0.717) is 17.9 Å². The van der Waals surface area contributed by atoms with Crippen molar-refractivity contribution >= 4 is 27.7 Å². The fourth-order valence-corrected chi connectivity index (χ4v) is 1.96. The van der Waals surface area contributed by atoms with Crippen LogP contribution in [0.4, 0.5) is 10.5 Å². The van der Waals surface area contributed by atoms with Crippen LogP contribution >= 0.6 is 0 Å². The summed E-state index contributed by atoms with van der Waals surface area (Å²) in [6.07, 6.45) is 1.04. The first-order chi connectivity index (χ1) is 10.3. The summed E-state index contributed by atoms with van der Waals surface area (Å²) in [6.45, 7) is 2.27. The van der Waals surface area contributed by atoms with Crippen LogP contribution in [0.1, 0.15) is 17.3 Å². The Hall–Kier alpha value is -2.13. The number of rotatable bonds is 7. The lowest BCUT2D eigenvalue weighted by atomic mass is 10.2. The summed E-state index contributed by atoms with van der Waals surface area (Å²) < 4.78 is 28.7. The van der Waals surface area contributed by atoms with E-state index in [1.807, 2.05) is 0 Å². The van der Waals surface area contributed by atoms with Crippen molar-refractivity contribution in [3.05, 3.63) is 29.8 Å². The summed E-state index contributed by atoms with van der Waals surface area (Å²) >= 11 is 0. The molecule has 9 heteroatoms. The van der Waals surface area contributed by atoms with Crippen LogP contribution in [-0.4, -0.2) is 46.4 Å². The van der Waals surface area contributed by atoms with Crippen molar-refractivity contribution < 1.29 is 22.7 Å². The molecule has 0 aliphatic carbocycles. The predicted molar refractivity (Wildman–Crippen MR) is 82.3 cm³/mol. The Kier molecular flexibility index (Phi) is 6.80. The molecular formula is C13H19N3O5S. The van der Waals surface area contributed by atoms with Crippen molar-refractivity contribution in [2.45, 2.75) is 6.92 Å². The van der Waals surface area contributed by atoms with Crippen LogP contribution in [0.15, 0.2) is 24.3 Å². The van der Waals surface area contributed by atoms with Gasteiger partial charge in [-0.05, 0) is 31.2 Å². The smallest absolute Gasteiger partial charge is 0.338 e. The van der Waals surface area contributed by atoms with E-state index in [1.165, 1.54) is 0 Å². The van der Waals surface area contributed by atoms with Crippen LogP contribution in [0.2, 0.25) is 0 Å². The van der Waals surface area contributed by atoms with Gasteiger partial charge in [0, 0.05) is 18.8 Å². The molecule has 3 N–H and O–H groups in total. The van der Waals surface area contributed by atoms with Gasteiger partial charge in [0.1, 0.15) is 0 Å². The van der Waals surface area contributed by atoms with Gasteiger partial charge in [-0.15, -0.1) is 0 Å². The Morgan fingerprint density at radius 1 is 1.14 bits per heavy atom. The third kappa shape index (κ3) is 7.04. The number of hydrogen-bond acceptors (Lipinski definition) is 5. The van der Waals surface area contributed by atoms with Gasteiger partial charge in [0.05, 0.1) is 18.4 Å². The van der Waals surface area contributed by atoms with Gasteiger partial charge in [-0.1, -0.05) is 0 Å². The zero-order valence-electron chi connectivity index (χ0n) is 12.4. The Morgan fingerprint density at radius 2 is 1.77 bits per heavy atom. The normalized spacial score (nSPS) is 10.8. The van der Waals surface area contributed by atoms with Crippen molar-refractivity contribution in [1.82, 2.24) is 10.0 Å². The zero-order valence-corrected chi connectivity index (χ0v) is 13.2. The molecule has 122 valence electrons. The molecule has 1 aromatic rings. The number of benzene rings is 1. The number of nitrogens with one attached hydrogen (secondary N) is 3. The summed E-state index contributed by atoms with van der Waals surface area (Å²) in [5, 5.41) is 5.05. The van der Waals surface area contributed by atoms with E-state index in [-0.39, 0.29) is 13.1 Å². The van der Waals surface area contributed by atoms with Gasteiger partial charge in [-0.3, -0.25) is 0 Å². The SMILES string of the molecule is CCOC(=O)c1ccc(NC(=O)NCCNS(C)(=O)=O)cc1. The quantitative estimate of drug-likeness (QED) is 0.499. The Labute approximate surface area is 129 Å². The first-order valence-electron chi connectivity index (χ1n) is 6.58. The molecule has 0 saturated carbocycles. The third-order valence-electron chi connectivity index (χ3n) is 2.43. The molecule has 0 atom stereocenters. The van der Waals surface area contributed by atoms with Crippen LogP contribution in [-0.2, 0) is 14.8 Å². The van der Waals surface area contributed by atoms with Crippen LogP contribution in [0.5, 0.6) is 0 Å². The van der Waals surface area contributed by atoms with Gasteiger partial charge in [-0.2, -0.15) is 0 Å². The highest BCUT2D eigenvalue weighted by Crippen LogP contribution is 2.10. The lowest BCUT2D eigenvalue weighted by Crippen LogP contribution is -2.36. The molecule has 0 aromatic heterocycles. The Bertz CT molecular complexity index is 613. The third-order valence-corrected chi connectivity index (χ3v) is 3.16. The van der Waals surface area contributed by atoms with Crippen LogP contribution in [0.25, 0.3) is 0 Å². The molecule has 0 aliphatic rings. The van der Waals surface area contributed by atoms with Gasteiger partial charge >= 0.3 is 12.0 Å². The summed E-state index contributed by atoms with van der Waals surface area (Å²) in [4.78, 5) is 23.0. The lowest BCUT2D eigenvalue weighted by molar-refractivity contribution is 0.0526. The Morgan fingerprint density at radius 3 is 2.32 bits per heavy atom. The number of urea groups is 1. The number of hydrogen-bond donors (Lipinski definition) is 3. The predicted octanol–water partition coefficient (Wildman–Crippen LogP) is 0.534. The fourth-order valence-electron chi connectivity index (χ4n) is 1.49. The van der Waals surface area contributed by atoms with E-state index in [1.54, 1.807) is 31.2 Å². The summed E-state index contributed by atoms with van der Waals surface area (Å²) in [6, 6.07) is 5.75. The van der Waals surface area contributed by atoms with Crippen molar-refractivity contribution in [2.24, 2.45) is 0 Å². The zero-order chi connectivity index (χ0) is 16.6. The first-order valence-corrected chi connectivity index (χ1v) is 8.47. The summed E-state index contributed by atoms with van der Waals surface area (Å²) in [5.41, 5.74) is 0.895. The number of sulfonamides is 1. The van der Waals surface area contributed by atoms with Crippen molar-refractivity contribution in [3.63, 3.8) is 0 Å². The molecule has 0 spiro atoms. The summed E-state index contributed by atoms with van der Waals surface area (Å²) in [7, 11) is -3.26. The number of esters is 1. The number of amides is 2. The second-order valence-corrected chi connectivity index (χ2v) is 6.18. The van der Waals surface area contributed by atoms with Crippen LogP contribution in [0, 0.1) is 0 Å². The van der Waals surface area contributed by atoms with Gasteiger partial charge < -0.3 is 15.4 Å². The van der Waals surface area contributed by atoms with Gasteiger partial charge in [0.15, 0.2) is 0 Å². The standard InChI is InChI=1S/C13H19N3O5S/c1-3-21-12(17)10-4-6-11(7-5-10)16-13(18)14-8-9-15-22(2,19)20/h4-7,15H,3,8-9H2,1-2H3,(H2,14,16,18).